The number of hydrazone groups is 1. The van der Waals surface area contributed by atoms with Crippen molar-refractivity contribution in [3.05, 3.63) is 23.9 Å². The number of aromatic nitrogens is 1. The fraction of sp³-hybridized carbons (Fsp3) is 0.474. The Hall–Kier alpha value is -2.25. The first-order valence-corrected chi connectivity index (χ1v) is 9.19. The van der Waals surface area contributed by atoms with Crippen molar-refractivity contribution in [3.8, 4) is 5.75 Å². The molecule has 8 heteroatoms. The number of amides is 1. The summed E-state index contributed by atoms with van der Waals surface area (Å²) in [5.74, 6) is 1.47. The number of halogens is 1. The number of amidine groups is 1. The zero-order valence-electron chi connectivity index (χ0n) is 15.7. The molecule has 0 bridgehead atoms. The summed E-state index contributed by atoms with van der Waals surface area (Å²) >= 11 is 0. The number of nitrogens with one attached hydrogen (secondary N) is 2. The lowest BCUT2D eigenvalue weighted by Gasteiger charge is -2.42. The average molecular weight is 390 g/mol. The lowest BCUT2D eigenvalue weighted by Crippen LogP contribution is -2.58. The summed E-state index contributed by atoms with van der Waals surface area (Å²) in [6.45, 7) is 8.65. The van der Waals surface area contributed by atoms with Gasteiger partial charge in [-0.25, -0.2) is 5.43 Å². The molecule has 1 aromatic carbocycles. The molecule has 2 aromatic rings. The molecule has 1 saturated heterocycles. The van der Waals surface area contributed by atoms with E-state index in [1.807, 2.05) is 11.8 Å². The minimum atomic E-state index is -0.308. The fourth-order valence-electron chi connectivity index (χ4n) is 4.20. The fourth-order valence-corrected chi connectivity index (χ4v) is 4.20. The average Bonchev–Trinajstić information content (AvgIpc) is 2.98. The number of carbonyl (C=O) groups excluding carboxylic acids is 1. The third-order valence-corrected chi connectivity index (χ3v) is 5.90. The van der Waals surface area contributed by atoms with Crippen molar-refractivity contribution in [3.63, 3.8) is 0 Å². The van der Waals surface area contributed by atoms with Crippen LogP contribution in [0.3, 0.4) is 0 Å². The van der Waals surface area contributed by atoms with Crippen LogP contribution < -0.4 is 20.4 Å². The van der Waals surface area contributed by atoms with E-state index in [0.717, 1.165) is 36.8 Å². The normalized spacial score (nSPS) is 22.6. The van der Waals surface area contributed by atoms with Crippen molar-refractivity contribution in [2.45, 2.75) is 38.8 Å². The van der Waals surface area contributed by atoms with Crippen LogP contribution in [0.4, 0.5) is 5.69 Å². The summed E-state index contributed by atoms with van der Waals surface area (Å²) in [5, 5.41) is 8.80. The van der Waals surface area contributed by atoms with Gasteiger partial charge < -0.3 is 19.5 Å². The third-order valence-electron chi connectivity index (χ3n) is 5.90. The summed E-state index contributed by atoms with van der Waals surface area (Å²) in [4.78, 5) is 14.1. The molecule has 0 spiro atoms. The Morgan fingerprint density at radius 3 is 2.81 bits per heavy atom. The monoisotopic (exact) mass is 389 g/mol. The molecule has 1 amide bonds. The second-order valence-corrected chi connectivity index (χ2v) is 7.65. The number of fused-ring (bicyclic) bond motifs is 4. The Bertz CT molecular complexity index is 963. The molecule has 0 radical (unpaired) electrons. The molecule has 3 aliphatic rings. The van der Waals surface area contributed by atoms with E-state index in [9.17, 15) is 4.79 Å². The number of carbonyl (C=O) groups is 1. The van der Waals surface area contributed by atoms with Crippen LogP contribution in [-0.2, 0) is 16.8 Å². The Morgan fingerprint density at radius 2 is 2.15 bits per heavy atom. The number of rotatable bonds is 2. The lowest BCUT2D eigenvalue weighted by atomic mass is 9.94. The van der Waals surface area contributed by atoms with E-state index in [-0.39, 0.29) is 29.9 Å². The number of nitrogens with zero attached hydrogens (tertiary/aromatic N) is 3. The largest absolute Gasteiger partial charge is 0.483 e. The number of hydrogen-bond acceptors (Lipinski definition) is 5. The van der Waals surface area contributed by atoms with Gasteiger partial charge in [0, 0.05) is 24.7 Å². The van der Waals surface area contributed by atoms with E-state index in [1.165, 1.54) is 16.5 Å². The van der Waals surface area contributed by atoms with Gasteiger partial charge in [-0.1, -0.05) is 6.92 Å². The Labute approximate surface area is 164 Å². The van der Waals surface area contributed by atoms with Crippen LogP contribution >= 0.6 is 12.4 Å². The van der Waals surface area contributed by atoms with Crippen molar-refractivity contribution in [2.24, 2.45) is 5.10 Å². The van der Waals surface area contributed by atoms with Gasteiger partial charge in [0.05, 0.1) is 16.7 Å². The number of aryl methyl sites for hydroxylation is 1. The highest BCUT2D eigenvalue weighted by Gasteiger charge is 2.38. The third kappa shape index (κ3) is 2.45. The van der Waals surface area contributed by atoms with E-state index >= 15 is 0 Å². The molecule has 1 atom stereocenters. The SMILES string of the molecule is CCc1cn(C2(C)CNC2)c2cc3c(cc12)OCC1=NNC(=O)[C@@H](C)N13.Cl. The highest BCUT2D eigenvalue weighted by molar-refractivity contribution is 6.10. The van der Waals surface area contributed by atoms with Gasteiger partial charge in [-0.05, 0) is 38.0 Å². The van der Waals surface area contributed by atoms with Gasteiger partial charge in [0.2, 0.25) is 0 Å². The van der Waals surface area contributed by atoms with Crippen LogP contribution in [0.5, 0.6) is 5.75 Å². The van der Waals surface area contributed by atoms with Crippen molar-refractivity contribution in [1.29, 1.82) is 0 Å². The predicted octanol–water partition coefficient (Wildman–Crippen LogP) is 1.97. The summed E-state index contributed by atoms with van der Waals surface area (Å²) < 4.78 is 8.36. The Morgan fingerprint density at radius 1 is 1.37 bits per heavy atom. The van der Waals surface area contributed by atoms with Gasteiger partial charge in [-0.3, -0.25) is 4.79 Å². The molecule has 7 nitrogen and oxygen atoms in total. The van der Waals surface area contributed by atoms with Crippen LogP contribution in [0.15, 0.2) is 23.4 Å². The zero-order valence-corrected chi connectivity index (χ0v) is 16.5. The van der Waals surface area contributed by atoms with Crippen LogP contribution in [0.25, 0.3) is 10.9 Å². The van der Waals surface area contributed by atoms with E-state index in [2.05, 4.69) is 52.6 Å². The molecule has 0 aliphatic carbocycles. The number of ether oxygens (including phenoxy) is 1. The summed E-state index contributed by atoms with van der Waals surface area (Å²) in [6, 6.07) is 3.99. The summed E-state index contributed by atoms with van der Waals surface area (Å²) in [6.07, 6.45) is 3.25. The van der Waals surface area contributed by atoms with Crippen LogP contribution in [-0.4, -0.2) is 42.0 Å². The maximum Gasteiger partial charge on any atom is 0.262 e. The first-order valence-electron chi connectivity index (χ1n) is 9.19. The number of hydrogen-bond donors (Lipinski definition) is 2. The Kier molecular flexibility index (Phi) is 4.12. The quantitative estimate of drug-likeness (QED) is 0.823. The molecular formula is C19H24ClN5O2. The van der Waals surface area contributed by atoms with Gasteiger partial charge >= 0.3 is 0 Å². The molecule has 1 aromatic heterocycles. The highest BCUT2D eigenvalue weighted by Crippen LogP contribution is 2.41. The van der Waals surface area contributed by atoms with E-state index < -0.39 is 0 Å². The predicted molar refractivity (Wildman–Crippen MR) is 108 cm³/mol. The second kappa shape index (κ2) is 6.14. The number of anilines is 1. The molecule has 5 rings (SSSR count). The minimum absolute atomic E-state index is 0. The first-order chi connectivity index (χ1) is 12.5. The van der Waals surface area contributed by atoms with Gasteiger partial charge in [0.1, 0.15) is 18.4 Å². The Balaban J connectivity index is 0.00000180. The van der Waals surface area contributed by atoms with Gasteiger partial charge in [-0.15, -0.1) is 12.4 Å². The van der Waals surface area contributed by atoms with Crippen LogP contribution in [0.2, 0.25) is 0 Å². The van der Waals surface area contributed by atoms with Crippen molar-refractivity contribution >= 4 is 40.7 Å². The molecule has 1 fully saturated rings. The highest BCUT2D eigenvalue weighted by atomic mass is 35.5. The van der Waals surface area contributed by atoms with Gasteiger partial charge in [0.25, 0.3) is 5.91 Å². The second-order valence-electron chi connectivity index (χ2n) is 7.65. The molecule has 27 heavy (non-hydrogen) atoms. The topological polar surface area (TPSA) is 70.9 Å². The molecule has 2 N–H and O–H groups in total. The minimum Gasteiger partial charge on any atom is -0.483 e. The van der Waals surface area contributed by atoms with Crippen molar-refractivity contribution < 1.29 is 9.53 Å². The van der Waals surface area contributed by atoms with Crippen molar-refractivity contribution in [1.82, 2.24) is 15.3 Å². The van der Waals surface area contributed by atoms with Crippen molar-refractivity contribution in [2.75, 3.05) is 24.6 Å². The van der Waals surface area contributed by atoms with Gasteiger partial charge in [-0.2, -0.15) is 5.10 Å². The van der Waals surface area contributed by atoms with E-state index in [1.54, 1.807) is 0 Å². The smallest absolute Gasteiger partial charge is 0.262 e. The number of benzene rings is 1. The standard InChI is InChI=1S/C19H23N5O2.ClH/c1-4-12-7-23(19(3)9-20-10-19)14-6-15-16(5-13(12)14)26-8-17-21-22-18(25)11(2)24(15)17;/h5-7,11,20H,4,8-10H2,1-3H3,(H,22,25);1H/t11-;/m1./s1. The molecular weight excluding hydrogens is 366 g/mol. The molecule has 0 saturated carbocycles. The maximum atomic E-state index is 12.1. The molecule has 4 heterocycles. The van der Waals surface area contributed by atoms with Crippen LogP contribution in [0.1, 0.15) is 26.3 Å². The summed E-state index contributed by atoms with van der Waals surface area (Å²) in [5.41, 5.74) is 6.09. The lowest BCUT2D eigenvalue weighted by molar-refractivity contribution is -0.122. The van der Waals surface area contributed by atoms with E-state index in [4.69, 9.17) is 4.74 Å². The van der Waals surface area contributed by atoms with Crippen LogP contribution in [0, 0.1) is 0 Å². The molecule has 0 unspecified atom stereocenters. The first kappa shape index (κ1) is 18.1. The summed E-state index contributed by atoms with van der Waals surface area (Å²) in [7, 11) is 0. The molecule has 3 aliphatic heterocycles. The molecule has 144 valence electrons. The maximum absolute atomic E-state index is 12.1. The zero-order chi connectivity index (χ0) is 18.1. The van der Waals surface area contributed by atoms with E-state index in [0.29, 0.717) is 6.61 Å². The van der Waals surface area contributed by atoms with Gasteiger partial charge in [0.15, 0.2) is 5.84 Å².